The molecule has 74 valence electrons. The third kappa shape index (κ3) is 10.9. The highest BCUT2D eigenvalue weighted by atomic mass is 35.6. The Bertz CT molecular complexity index is 96.4. The largest absolute Gasteiger partial charge is 0.190 e. The summed E-state index contributed by atoms with van der Waals surface area (Å²) in [6.45, 7) is 2.21. The maximum absolute atomic E-state index is 5.60. The number of rotatable bonds is 6. The minimum absolute atomic E-state index is 0.684. The molecule has 12 heavy (non-hydrogen) atoms. The minimum Gasteiger partial charge on any atom is -0.0837 e. The Morgan fingerprint density at radius 2 is 1.33 bits per heavy atom. The van der Waals surface area contributed by atoms with Crippen molar-refractivity contribution in [3.8, 4) is 0 Å². The second-order valence-corrected chi connectivity index (χ2v) is 5.65. The third-order valence-electron chi connectivity index (χ3n) is 1.81. The molecule has 0 N–H and O–H groups in total. The van der Waals surface area contributed by atoms with Crippen molar-refractivity contribution < 1.29 is 0 Å². The first kappa shape index (κ1) is 12.9. The van der Waals surface area contributed by atoms with Gasteiger partial charge in [0.05, 0.1) is 0 Å². The molecule has 0 heterocycles. The maximum Gasteiger partial charge on any atom is 0.190 e. The zero-order valence-electron chi connectivity index (χ0n) is 7.58. The number of hydrogen-bond acceptors (Lipinski definition) is 0. The Labute approximate surface area is 90.6 Å². The molecule has 0 nitrogen and oxygen atoms in total. The van der Waals surface area contributed by atoms with Gasteiger partial charge in [0.25, 0.3) is 0 Å². The summed E-state index contributed by atoms with van der Waals surface area (Å²) in [5, 5.41) is 0. The molecule has 0 aromatic heterocycles. The molecule has 0 fully saturated rings. The quantitative estimate of drug-likeness (QED) is 0.440. The smallest absolute Gasteiger partial charge is 0.0837 e. The van der Waals surface area contributed by atoms with E-state index in [1.807, 2.05) is 0 Å². The fourth-order valence-corrected chi connectivity index (χ4v) is 1.51. The molecule has 0 bridgehead atoms. The summed E-state index contributed by atoms with van der Waals surface area (Å²) in [4.78, 5) is 0. The van der Waals surface area contributed by atoms with Gasteiger partial charge in [0, 0.05) is 0 Å². The Morgan fingerprint density at radius 3 is 1.83 bits per heavy atom. The standard InChI is InChI=1S/C9H17Cl3/c1-2-3-4-5-6-7-8-9(10,11)12/h2-8H2,1H3. The van der Waals surface area contributed by atoms with E-state index in [-0.39, 0.29) is 0 Å². The summed E-state index contributed by atoms with van der Waals surface area (Å²) in [5.74, 6) is 0. The second-order valence-electron chi connectivity index (χ2n) is 3.13. The topological polar surface area (TPSA) is 0 Å². The van der Waals surface area contributed by atoms with Crippen LogP contribution in [0.3, 0.4) is 0 Å². The molecular weight excluding hydrogens is 214 g/mol. The van der Waals surface area contributed by atoms with Gasteiger partial charge in [-0.3, -0.25) is 0 Å². The molecule has 3 heteroatoms. The predicted molar refractivity (Wildman–Crippen MR) is 58.3 cm³/mol. The Balaban J connectivity index is 3.01. The average Bonchev–Trinajstić information content (AvgIpc) is 1.94. The Morgan fingerprint density at radius 1 is 0.833 bits per heavy atom. The molecule has 0 saturated carbocycles. The van der Waals surface area contributed by atoms with Gasteiger partial charge in [0.1, 0.15) is 0 Å². The van der Waals surface area contributed by atoms with Gasteiger partial charge >= 0.3 is 0 Å². The van der Waals surface area contributed by atoms with Crippen LogP contribution in [0.1, 0.15) is 51.9 Å². The summed E-state index contributed by atoms with van der Waals surface area (Å²) < 4.78 is -1.04. The average molecular weight is 232 g/mol. The third-order valence-corrected chi connectivity index (χ3v) is 2.38. The molecule has 0 atom stereocenters. The molecule has 0 radical (unpaired) electrons. The van der Waals surface area contributed by atoms with E-state index in [1.54, 1.807) is 0 Å². The van der Waals surface area contributed by atoms with Crippen molar-refractivity contribution in [2.75, 3.05) is 0 Å². The van der Waals surface area contributed by atoms with Crippen molar-refractivity contribution in [2.45, 2.75) is 55.7 Å². The summed E-state index contributed by atoms with van der Waals surface area (Å²) in [7, 11) is 0. The van der Waals surface area contributed by atoms with Crippen LogP contribution in [-0.2, 0) is 0 Å². The fourth-order valence-electron chi connectivity index (χ4n) is 1.11. The van der Waals surface area contributed by atoms with Crippen LogP contribution in [-0.4, -0.2) is 3.79 Å². The van der Waals surface area contributed by atoms with Crippen molar-refractivity contribution in [1.82, 2.24) is 0 Å². The second kappa shape index (κ2) is 7.29. The van der Waals surface area contributed by atoms with Crippen molar-refractivity contribution in [2.24, 2.45) is 0 Å². The van der Waals surface area contributed by atoms with Crippen LogP contribution in [0, 0.1) is 0 Å². The number of halogens is 3. The Hall–Kier alpha value is 0.870. The Kier molecular flexibility index (Phi) is 7.82. The monoisotopic (exact) mass is 230 g/mol. The predicted octanol–water partition coefficient (Wildman–Crippen LogP) is 5.11. The van der Waals surface area contributed by atoms with Gasteiger partial charge in [-0.05, 0) is 12.8 Å². The van der Waals surface area contributed by atoms with E-state index >= 15 is 0 Å². The lowest BCUT2D eigenvalue weighted by molar-refractivity contribution is 0.593. The normalized spacial score (nSPS) is 12.0. The molecule has 0 aliphatic heterocycles. The van der Waals surface area contributed by atoms with E-state index in [4.69, 9.17) is 34.8 Å². The van der Waals surface area contributed by atoms with E-state index in [2.05, 4.69) is 6.92 Å². The number of hydrogen-bond donors (Lipinski definition) is 0. The maximum atomic E-state index is 5.60. The molecule has 0 aromatic carbocycles. The zero-order valence-corrected chi connectivity index (χ0v) is 9.85. The van der Waals surface area contributed by atoms with Gasteiger partial charge in [-0.2, -0.15) is 0 Å². The van der Waals surface area contributed by atoms with Crippen LogP contribution in [0.2, 0.25) is 0 Å². The lowest BCUT2D eigenvalue weighted by Crippen LogP contribution is -2.00. The highest BCUT2D eigenvalue weighted by Gasteiger charge is 2.17. The molecule has 0 amide bonds. The fraction of sp³-hybridized carbons (Fsp3) is 1.00. The van der Waals surface area contributed by atoms with Gasteiger partial charge < -0.3 is 0 Å². The van der Waals surface area contributed by atoms with Gasteiger partial charge in [-0.1, -0.05) is 73.8 Å². The van der Waals surface area contributed by atoms with E-state index in [0.717, 1.165) is 6.42 Å². The van der Waals surface area contributed by atoms with Crippen molar-refractivity contribution in [3.63, 3.8) is 0 Å². The molecule has 0 aromatic rings. The van der Waals surface area contributed by atoms with E-state index in [9.17, 15) is 0 Å². The lowest BCUT2D eigenvalue weighted by atomic mass is 10.1. The molecule has 0 aliphatic rings. The van der Waals surface area contributed by atoms with E-state index < -0.39 is 3.79 Å². The van der Waals surface area contributed by atoms with Crippen LogP contribution in [0.15, 0.2) is 0 Å². The van der Waals surface area contributed by atoms with Crippen LogP contribution in [0.4, 0.5) is 0 Å². The van der Waals surface area contributed by atoms with Gasteiger partial charge in [0.15, 0.2) is 3.79 Å². The first-order valence-electron chi connectivity index (χ1n) is 4.63. The zero-order chi connectivity index (χ0) is 9.45. The van der Waals surface area contributed by atoms with Crippen LogP contribution >= 0.6 is 34.8 Å². The molecule has 0 unspecified atom stereocenters. The van der Waals surface area contributed by atoms with Gasteiger partial charge in [-0.25, -0.2) is 0 Å². The lowest BCUT2D eigenvalue weighted by Gasteiger charge is -2.09. The summed E-state index contributed by atoms with van der Waals surface area (Å²) in [5.41, 5.74) is 0. The highest BCUT2D eigenvalue weighted by molar-refractivity contribution is 6.67. The van der Waals surface area contributed by atoms with Crippen molar-refractivity contribution >= 4 is 34.8 Å². The van der Waals surface area contributed by atoms with Crippen LogP contribution < -0.4 is 0 Å². The first-order valence-corrected chi connectivity index (χ1v) is 5.76. The van der Waals surface area contributed by atoms with Crippen molar-refractivity contribution in [3.05, 3.63) is 0 Å². The number of unbranched alkanes of at least 4 members (excludes halogenated alkanes) is 5. The SMILES string of the molecule is CCCCCCCCC(Cl)(Cl)Cl. The highest BCUT2D eigenvalue weighted by Crippen LogP contribution is 2.32. The number of alkyl halides is 3. The molecule has 0 rings (SSSR count). The van der Waals surface area contributed by atoms with Crippen LogP contribution in [0.5, 0.6) is 0 Å². The summed E-state index contributed by atoms with van der Waals surface area (Å²) >= 11 is 16.8. The molecule has 0 spiro atoms. The van der Waals surface area contributed by atoms with Gasteiger partial charge in [-0.15, -0.1) is 0 Å². The van der Waals surface area contributed by atoms with E-state index in [0.29, 0.717) is 6.42 Å². The van der Waals surface area contributed by atoms with E-state index in [1.165, 1.54) is 32.1 Å². The minimum atomic E-state index is -1.04. The summed E-state index contributed by atoms with van der Waals surface area (Å²) in [6.07, 6.45) is 8.10. The molecular formula is C9H17Cl3. The first-order chi connectivity index (χ1) is 5.56. The molecule has 0 saturated heterocycles. The molecule has 0 aliphatic carbocycles. The summed E-state index contributed by atoms with van der Waals surface area (Å²) in [6, 6.07) is 0. The van der Waals surface area contributed by atoms with Gasteiger partial charge in [0.2, 0.25) is 0 Å². The van der Waals surface area contributed by atoms with Crippen molar-refractivity contribution in [1.29, 1.82) is 0 Å². The van der Waals surface area contributed by atoms with Crippen LogP contribution in [0.25, 0.3) is 0 Å².